The molecule has 4 rings (SSSR count). The zero-order chi connectivity index (χ0) is 23.4. The highest BCUT2D eigenvalue weighted by atomic mass is 16.5. The average molecular weight is 453 g/mol. The highest BCUT2D eigenvalue weighted by molar-refractivity contribution is 5.87. The van der Waals surface area contributed by atoms with Crippen molar-refractivity contribution in [2.45, 2.75) is 43.7 Å². The van der Waals surface area contributed by atoms with Crippen molar-refractivity contribution in [3.8, 4) is 11.1 Å². The summed E-state index contributed by atoms with van der Waals surface area (Å²) < 4.78 is 10.9. The quantitative estimate of drug-likeness (QED) is 0.567. The molecule has 2 aromatic rings. The van der Waals surface area contributed by atoms with E-state index < -0.39 is 29.6 Å². The van der Waals surface area contributed by atoms with Crippen molar-refractivity contribution < 1.29 is 29.0 Å². The van der Waals surface area contributed by atoms with Gasteiger partial charge >= 0.3 is 12.1 Å². The Labute approximate surface area is 192 Å². The molecule has 8 nitrogen and oxygen atoms in total. The molecular weight excluding hydrogens is 424 g/mol. The van der Waals surface area contributed by atoms with Gasteiger partial charge in [0.05, 0.1) is 12.1 Å². The van der Waals surface area contributed by atoms with E-state index >= 15 is 0 Å². The van der Waals surface area contributed by atoms with Crippen molar-refractivity contribution in [3.63, 3.8) is 0 Å². The fourth-order valence-corrected chi connectivity index (χ4v) is 4.47. The number of rotatable bonds is 8. The van der Waals surface area contributed by atoms with Gasteiger partial charge < -0.3 is 25.2 Å². The molecule has 2 atom stereocenters. The van der Waals surface area contributed by atoms with Crippen molar-refractivity contribution in [1.82, 2.24) is 10.6 Å². The van der Waals surface area contributed by atoms with Gasteiger partial charge in [0.15, 0.2) is 0 Å². The number of carboxylic acid groups (broad SMARTS) is 1. The minimum absolute atomic E-state index is 0.0394. The van der Waals surface area contributed by atoms with Crippen LogP contribution in [0.15, 0.2) is 48.5 Å². The first-order valence-electron chi connectivity index (χ1n) is 11.1. The molecule has 0 radical (unpaired) electrons. The molecule has 0 aromatic heterocycles. The lowest BCUT2D eigenvalue weighted by Gasteiger charge is -2.27. The van der Waals surface area contributed by atoms with Gasteiger partial charge in [-0.3, -0.25) is 9.59 Å². The molecule has 1 heterocycles. The normalized spacial score (nSPS) is 19.9. The van der Waals surface area contributed by atoms with Crippen LogP contribution >= 0.6 is 0 Å². The van der Waals surface area contributed by atoms with E-state index in [-0.39, 0.29) is 25.4 Å². The molecule has 2 aliphatic rings. The monoisotopic (exact) mass is 452 g/mol. The Morgan fingerprint density at radius 2 is 1.76 bits per heavy atom. The average Bonchev–Trinajstić information content (AvgIpc) is 3.36. The third-order valence-corrected chi connectivity index (χ3v) is 6.24. The standard InChI is InChI=1S/C25H28N2O6/c1-25(12-13-32-15-25)27-23(30)21(10-11-22(28)29)26-24(31)33-14-20-18-8-4-2-6-16(18)17-7-3-5-9-19(17)20/h2-9,20-21H,10-15H2,1H3,(H,26,31)(H,27,30)(H,28,29). The maximum atomic E-state index is 12.8. The number of hydrogen-bond donors (Lipinski definition) is 3. The molecule has 2 unspecified atom stereocenters. The summed E-state index contributed by atoms with van der Waals surface area (Å²) in [6, 6.07) is 15.0. The summed E-state index contributed by atoms with van der Waals surface area (Å²) in [5.41, 5.74) is 3.86. The molecule has 2 aromatic carbocycles. The number of alkyl carbamates (subject to hydrolysis) is 1. The highest BCUT2D eigenvalue weighted by Crippen LogP contribution is 2.44. The number of ether oxygens (including phenoxy) is 2. The first kappa shape index (κ1) is 22.8. The minimum atomic E-state index is -1.04. The van der Waals surface area contributed by atoms with Crippen molar-refractivity contribution >= 4 is 18.0 Å². The molecule has 33 heavy (non-hydrogen) atoms. The van der Waals surface area contributed by atoms with E-state index in [1.807, 2.05) is 55.5 Å². The van der Waals surface area contributed by atoms with Crippen molar-refractivity contribution in [2.24, 2.45) is 0 Å². The number of hydrogen-bond acceptors (Lipinski definition) is 5. The number of carbonyl (C=O) groups is 3. The molecule has 0 saturated carbocycles. The van der Waals surface area contributed by atoms with Crippen molar-refractivity contribution in [1.29, 1.82) is 0 Å². The van der Waals surface area contributed by atoms with E-state index in [9.17, 15) is 14.4 Å². The second kappa shape index (κ2) is 9.62. The molecule has 1 aliphatic carbocycles. The SMILES string of the molecule is CC1(NC(=O)C(CCC(=O)O)NC(=O)OCC2c3ccccc3-c3ccccc32)CCOC1. The largest absolute Gasteiger partial charge is 0.481 e. The van der Waals surface area contributed by atoms with E-state index in [0.29, 0.717) is 19.6 Å². The smallest absolute Gasteiger partial charge is 0.407 e. The summed E-state index contributed by atoms with van der Waals surface area (Å²) in [5.74, 6) is -1.60. The van der Waals surface area contributed by atoms with Gasteiger partial charge in [-0.2, -0.15) is 0 Å². The lowest BCUT2D eigenvalue weighted by atomic mass is 9.98. The van der Waals surface area contributed by atoms with Crippen LogP contribution in [0.25, 0.3) is 11.1 Å². The van der Waals surface area contributed by atoms with Crippen molar-refractivity contribution in [3.05, 3.63) is 59.7 Å². The maximum absolute atomic E-state index is 12.8. The van der Waals surface area contributed by atoms with Crippen LogP contribution in [-0.2, 0) is 19.1 Å². The second-order valence-electron chi connectivity index (χ2n) is 8.81. The van der Waals surface area contributed by atoms with E-state index in [2.05, 4.69) is 10.6 Å². The topological polar surface area (TPSA) is 114 Å². The van der Waals surface area contributed by atoms with E-state index in [1.54, 1.807) is 0 Å². The predicted molar refractivity (Wildman–Crippen MR) is 121 cm³/mol. The highest BCUT2D eigenvalue weighted by Gasteiger charge is 2.35. The van der Waals surface area contributed by atoms with E-state index in [1.165, 1.54) is 0 Å². The molecule has 0 spiro atoms. The molecule has 8 heteroatoms. The third kappa shape index (κ3) is 5.17. The van der Waals surface area contributed by atoms with Crippen molar-refractivity contribution in [2.75, 3.05) is 19.8 Å². The zero-order valence-electron chi connectivity index (χ0n) is 18.5. The van der Waals surface area contributed by atoms with E-state index in [0.717, 1.165) is 22.3 Å². The van der Waals surface area contributed by atoms with Gasteiger partial charge in [-0.15, -0.1) is 0 Å². The van der Waals surface area contributed by atoms with Gasteiger partial charge in [-0.25, -0.2) is 4.79 Å². The van der Waals surface area contributed by atoms with Gasteiger partial charge in [0.2, 0.25) is 5.91 Å². The fraction of sp³-hybridized carbons (Fsp3) is 0.400. The van der Waals surface area contributed by atoms with Gasteiger partial charge in [-0.1, -0.05) is 48.5 Å². The van der Waals surface area contributed by atoms with E-state index in [4.69, 9.17) is 14.6 Å². The number of nitrogens with one attached hydrogen (secondary N) is 2. The Hall–Kier alpha value is -3.39. The fourth-order valence-electron chi connectivity index (χ4n) is 4.47. The van der Waals surface area contributed by atoms with Crippen LogP contribution in [0.4, 0.5) is 4.79 Å². The first-order chi connectivity index (χ1) is 15.9. The number of fused-ring (bicyclic) bond motifs is 3. The molecule has 3 N–H and O–H groups in total. The summed E-state index contributed by atoms with van der Waals surface area (Å²) in [4.78, 5) is 36.5. The Morgan fingerprint density at radius 3 is 2.33 bits per heavy atom. The minimum Gasteiger partial charge on any atom is -0.481 e. The van der Waals surface area contributed by atoms with Crippen LogP contribution in [0.5, 0.6) is 0 Å². The Balaban J connectivity index is 1.41. The number of carbonyl (C=O) groups excluding carboxylic acids is 2. The van der Waals surface area contributed by atoms with Crippen LogP contribution in [0.2, 0.25) is 0 Å². The number of amides is 2. The van der Waals surface area contributed by atoms with Crippen LogP contribution in [0.3, 0.4) is 0 Å². The molecule has 1 saturated heterocycles. The Bertz CT molecular complexity index is 1000. The summed E-state index contributed by atoms with van der Waals surface area (Å²) in [7, 11) is 0. The number of benzene rings is 2. The molecule has 1 aliphatic heterocycles. The molecule has 0 bridgehead atoms. The van der Waals surface area contributed by atoms with Gasteiger partial charge in [-0.05, 0) is 42.0 Å². The number of carboxylic acids is 1. The number of aliphatic carboxylic acids is 1. The first-order valence-corrected chi connectivity index (χ1v) is 11.1. The summed E-state index contributed by atoms with van der Waals surface area (Å²) in [6.45, 7) is 2.88. The third-order valence-electron chi connectivity index (χ3n) is 6.24. The molecule has 1 fully saturated rings. The summed E-state index contributed by atoms with van der Waals surface area (Å²) in [6.07, 6.45) is -0.401. The van der Waals surface area contributed by atoms with Crippen LogP contribution in [-0.4, -0.2) is 54.5 Å². The summed E-state index contributed by atoms with van der Waals surface area (Å²) >= 11 is 0. The molecular formula is C25H28N2O6. The van der Waals surface area contributed by atoms with Gasteiger partial charge in [0, 0.05) is 18.9 Å². The maximum Gasteiger partial charge on any atom is 0.407 e. The van der Waals surface area contributed by atoms with Crippen LogP contribution in [0.1, 0.15) is 43.2 Å². The Kier molecular flexibility index (Phi) is 6.65. The molecule has 2 amide bonds. The molecule has 174 valence electrons. The van der Waals surface area contributed by atoms with Crippen LogP contribution < -0.4 is 10.6 Å². The van der Waals surface area contributed by atoms with Gasteiger partial charge in [0.1, 0.15) is 12.6 Å². The second-order valence-corrected chi connectivity index (χ2v) is 8.81. The lowest BCUT2D eigenvalue weighted by molar-refractivity contribution is -0.137. The van der Waals surface area contributed by atoms with Crippen LogP contribution in [0, 0.1) is 0 Å². The van der Waals surface area contributed by atoms with Gasteiger partial charge in [0.25, 0.3) is 0 Å². The Morgan fingerprint density at radius 1 is 1.12 bits per heavy atom. The lowest BCUT2D eigenvalue weighted by Crippen LogP contribution is -2.55. The zero-order valence-corrected chi connectivity index (χ0v) is 18.5. The summed E-state index contributed by atoms with van der Waals surface area (Å²) in [5, 5.41) is 14.5. The predicted octanol–water partition coefficient (Wildman–Crippen LogP) is 3.05.